The third-order valence-corrected chi connectivity index (χ3v) is 5.70. The van der Waals surface area contributed by atoms with Crippen LogP contribution in [0.5, 0.6) is 0 Å². The molecule has 0 fully saturated rings. The molecular formula is C16H15N5O2S2. The molecular weight excluding hydrogens is 358 g/mol. The van der Waals surface area contributed by atoms with E-state index in [1.807, 2.05) is 35.9 Å². The minimum Gasteiger partial charge on any atom is -0.461 e. The number of hydrogen-bond donors (Lipinski definition) is 0. The van der Waals surface area contributed by atoms with E-state index >= 15 is 0 Å². The zero-order valence-corrected chi connectivity index (χ0v) is 15.3. The molecule has 0 aliphatic heterocycles. The maximum atomic E-state index is 12.3. The van der Waals surface area contributed by atoms with Crippen LogP contribution in [0.2, 0.25) is 0 Å². The van der Waals surface area contributed by atoms with E-state index < -0.39 is 0 Å². The van der Waals surface area contributed by atoms with Crippen LogP contribution >= 0.6 is 23.1 Å². The Kier molecular flexibility index (Phi) is 4.18. The van der Waals surface area contributed by atoms with E-state index in [9.17, 15) is 4.79 Å². The highest BCUT2D eigenvalue weighted by molar-refractivity contribution is 7.98. The number of thiazole rings is 1. The van der Waals surface area contributed by atoms with Gasteiger partial charge in [-0.2, -0.15) is 0 Å². The highest BCUT2D eigenvalue weighted by atomic mass is 32.2. The minimum atomic E-state index is -0.0485. The summed E-state index contributed by atoms with van der Waals surface area (Å²) in [5, 5.41) is 11.2. The van der Waals surface area contributed by atoms with E-state index in [4.69, 9.17) is 4.42 Å². The molecule has 9 heteroatoms. The summed E-state index contributed by atoms with van der Waals surface area (Å²) >= 11 is 2.98. The van der Waals surface area contributed by atoms with Gasteiger partial charge in [0.25, 0.3) is 5.56 Å². The predicted octanol–water partition coefficient (Wildman–Crippen LogP) is 3.23. The lowest BCUT2D eigenvalue weighted by molar-refractivity contribution is 0.567. The zero-order valence-electron chi connectivity index (χ0n) is 13.7. The van der Waals surface area contributed by atoms with Crippen LogP contribution in [0.1, 0.15) is 18.3 Å². The average molecular weight is 373 g/mol. The van der Waals surface area contributed by atoms with Crippen molar-refractivity contribution in [2.45, 2.75) is 31.3 Å². The smallest absolute Gasteiger partial charge is 0.258 e. The van der Waals surface area contributed by atoms with Crippen LogP contribution in [-0.2, 0) is 12.3 Å². The largest absolute Gasteiger partial charge is 0.461 e. The molecule has 7 nitrogen and oxygen atoms in total. The van der Waals surface area contributed by atoms with E-state index in [0.29, 0.717) is 22.3 Å². The number of hydrogen-bond acceptors (Lipinski definition) is 7. The second-order valence-corrected chi connectivity index (χ2v) is 7.18. The Hall–Kier alpha value is -2.39. The minimum absolute atomic E-state index is 0.0485. The molecule has 4 heterocycles. The Bertz CT molecular complexity index is 1080. The molecule has 0 atom stereocenters. The van der Waals surface area contributed by atoms with Crippen LogP contribution in [-0.4, -0.2) is 24.1 Å². The van der Waals surface area contributed by atoms with Crippen LogP contribution < -0.4 is 5.56 Å². The molecule has 25 heavy (non-hydrogen) atoms. The van der Waals surface area contributed by atoms with Crippen LogP contribution in [0.3, 0.4) is 0 Å². The summed E-state index contributed by atoms with van der Waals surface area (Å²) in [5.41, 5.74) is 1.60. The lowest BCUT2D eigenvalue weighted by atomic mass is 10.4. The predicted molar refractivity (Wildman–Crippen MR) is 97.0 cm³/mol. The van der Waals surface area contributed by atoms with Crippen molar-refractivity contribution in [1.82, 2.24) is 24.1 Å². The van der Waals surface area contributed by atoms with Gasteiger partial charge >= 0.3 is 0 Å². The Morgan fingerprint density at radius 2 is 2.24 bits per heavy atom. The van der Waals surface area contributed by atoms with Crippen molar-refractivity contribution in [2.24, 2.45) is 0 Å². The molecule has 0 aliphatic carbocycles. The van der Waals surface area contributed by atoms with Crippen molar-refractivity contribution in [2.75, 3.05) is 0 Å². The van der Waals surface area contributed by atoms with Crippen molar-refractivity contribution in [3.05, 3.63) is 51.6 Å². The first-order valence-electron chi connectivity index (χ1n) is 7.74. The molecule has 0 N–H and O–H groups in total. The van der Waals surface area contributed by atoms with Crippen molar-refractivity contribution >= 4 is 28.1 Å². The fourth-order valence-corrected chi connectivity index (χ4v) is 4.37. The molecule has 0 bridgehead atoms. The van der Waals surface area contributed by atoms with Crippen LogP contribution in [0.4, 0.5) is 0 Å². The molecule has 0 saturated heterocycles. The van der Waals surface area contributed by atoms with Gasteiger partial charge in [-0.1, -0.05) is 11.8 Å². The first kappa shape index (κ1) is 16.1. The van der Waals surface area contributed by atoms with E-state index in [-0.39, 0.29) is 5.56 Å². The number of thioether (sulfide) groups is 1. The summed E-state index contributed by atoms with van der Waals surface area (Å²) in [4.78, 5) is 17.5. The molecule has 0 aromatic carbocycles. The Balaban J connectivity index is 1.61. The van der Waals surface area contributed by atoms with Gasteiger partial charge in [0, 0.05) is 29.4 Å². The molecule has 4 rings (SSSR count). The first-order valence-corrected chi connectivity index (χ1v) is 9.60. The summed E-state index contributed by atoms with van der Waals surface area (Å²) < 4.78 is 9.03. The number of rotatable bonds is 5. The fraction of sp³-hybridized carbons (Fsp3) is 0.250. The van der Waals surface area contributed by atoms with Gasteiger partial charge in [0.05, 0.1) is 12.0 Å². The number of aryl methyl sites for hydroxylation is 1. The van der Waals surface area contributed by atoms with Crippen molar-refractivity contribution in [3.8, 4) is 11.6 Å². The maximum Gasteiger partial charge on any atom is 0.258 e. The lowest BCUT2D eigenvalue weighted by Gasteiger charge is -2.05. The monoisotopic (exact) mass is 373 g/mol. The van der Waals surface area contributed by atoms with Crippen LogP contribution in [0, 0.1) is 6.92 Å². The maximum absolute atomic E-state index is 12.3. The average Bonchev–Trinajstić information content (AvgIpc) is 3.32. The summed E-state index contributed by atoms with van der Waals surface area (Å²) in [6.07, 6.45) is 1.62. The van der Waals surface area contributed by atoms with Gasteiger partial charge in [0.2, 0.25) is 0 Å². The third kappa shape index (κ3) is 2.89. The number of nitrogens with zero attached hydrogens (tertiary/aromatic N) is 5. The second-order valence-electron chi connectivity index (χ2n) is 5.40. The fourth-order valence-electron chi connectivity index (χ4n) is 2.58. The van der Waals surface area contributed by atoms with E-state index in [2.05, 4.69) is 15.2 Å². The molecule has 0 saturated carbocycles. The van der Waals surface area contributed by atoms with Crippen molar-refractivity contribution in [1.29, 1.82) is 0 Å². The zero-order chi connectivity index (χ0) is 17.4. The Morgan fingerprint density at radius 1 is 1.36 bits per heavy atom. The quantitative estimate of drug-likeness (QED) is 0.500. The normalized spacial score (nSPS) is 11.4. The van der Waals surface area contributed by atoms with E-state index in [1.165, 1.54) is 23.1 Å². The second kappa shape index (κ2) is 6.49. The highest BCUT2D eigenvalue weighted by Gasteiger charge is 2.16. The lowest BCUT2D eigenvalue weighted by Crippen LogP contribution is -2.14. The summed E-state index contributed by atoms with van der Waals surface area (Å²) in [6.45, 7) is 4.66. The topological polar surface area (TPSA) is 78.2 Å². The van der Waals surface area contributed by atoms with Gasteiger partial charge in [-0.15, -0.1) is 21.5 Å². The molecule has 0 unspecified atom stereocenters. The molecule has 0 radical (unpaired) electrons. The number of furan rings is 1. The van der Waals surface area contributed by atoms with E-state index in [0.717, 1.165) is 23.1 Å². The first-order chi connectivity index (χ1) is 12.2. The van der Waals surface area contributed by atoms with Gasteiger partial charge < -0.3 is 4.42 Å². The van der Waals surface area contributed by atoms with Crippen molar-refractivity contribution < 1.29 is 4.42 Å². The highest BCUT2D eigenvalue weighted by Crippen LogP contribution is 2.26. The molecule has 4 aromatic rings. The van der Waals surface area contributed by atoms with Crippen molar-refractivity contribution in [3.63, 3.8) is 0 Å². The van der Waals surface area contributed by atoms with Crippen LogP contribution in [0.25, 0.3) is 16.5 Å². The standard InChI is InChI=1S/C16H15N5O2S2/c1-3-20-14(12-5-4-6-23-12)18-19-16(20)25-9-11-7-13(22)21-10(2)8-24-15(21)17-11/h4-8H,3,9H2,1-2H3. The Morgan fingerprint density at radius 3 is 3.00 bits per heavy atom. The molecule has 0 spiro atoms. The van der Waals surface area contributed by atoms with Gasteiger partial charge in [-0.25, -0.2) is 4.98 Å². The summed E-state index contributed by atoms with van der Waals surface area (Å²) in [7, 11) is 0. The molecule has 0 amide bonds. The summed E-state index contributed by atoms with van der Waals surface area (Å²) in [5.74, 6) is 1.94. The molecule has 128 valence electrons. The van der Waals surface area contributed by atoms with Gasteiger partial charge in [-0.3, -0.25) is 13.8 Å². The van der Waals surface area contributed by atoms with Crippen LogP contribution in [0.15, 0.2) is 44.2 Å². The van der Waals surface area contributed by atoms with Gasteiger partial charge in [-0.05, 0) is 26.0 Å². The SMILES string of the molecule is CCn1c(SCc2cc(=O)n3c(C)csc3n2)nnc1-c1ccco1. The van der Waals surface area contributed by atoms with Gasteiger partial charge in [0.1, 0.15) is 0 Å². The Labute approximate surface area is 151 Å². The van der Waals surface area contributed by atoms with Gasteiger partial charge in [0.15, 0.2) is 21.7 Å². The number of fused-ring (bicyclic) bond motifs is 1. The molecule has 0 aliphatic rings. The molecule has 4 aromatic heterocycles. The summed E-state index contributed by atoms with van der Waals surface area (Å²) in [6, 6.07) is 5.27. The number of aromatic nitrogens is 5. The third-order valence-electron chi connectivity index (χ3n) is 3.75. The van der Waals surface area contributed by atoms with E-state index in [1.54, 1.807) is 16.7 Å².